The number of carbonyl (C=O) groups is 1. The highest BCUT2D eigenvalue weighted by atomic mass is 79.9. The van der Waals surface area contributed by atoms with Gasteiger partial charge < -0.3 is 9.47 Å². The minimum absolute atomic E-state index is 0.173. The van der Waals surface area contributed by atoms with E-state index in [0.29, 0.717) is 36.9 Å². The number of amides is 1. The highest BCUT2D eigenvalue weighted by Crippen LogP contribution is 2.37. The van der Waals surface area contributed by atoms with Crippen LogP contribution in [0.3, 0.4) is 0 Å². The number of sulfonamides is 1. The van der Waals surface area contributed by atoms with Crippen LogP contribution in [0.15, 0.2) is 99.4 Å². The molecule has 0 saturated carbocycles. The van der Waals surface area contributed by atoms with Gasteiger partial charge in [0.25, 0.3) is 15.9 Å². The Morgan fingerprint density at radius 2 is 1.76 bits per heavy atom. The maximum Gasteiger partial charge on any atom is 0.416 e. The first-order chi connectivity index (χ1) is 21.3. The average molecular weight is 725 g/mol. The molecule has 0 saturated heterocycles. The van der Waals surface area contributed by atoms with Gasteiger partial charge in [-0.05, 0) is 76.9 Å². The average Bonchev–Trinajstić information content (AvgIpc) is 2.99. The number of hydrogen-bond donors (Lipinski definition) is 1. The summed E-state index contributed by atoms with van der Waals surface area (Å²) in [5.41, 5.74) is 2.84. The molecule has 4 rings (SSSR count). The van der Waals surface area contributed by atoms with Crippen LogP contribution < -0.4 is 19.2 Å². The Morgan fingerprint density at radius 1 is 1.04 bits per heavy atom. The van der Waals surface area contributed by atoms with Gasteiger partial charge in [0, 0.05) is 10.6 Å². The normalized spacial score (nSPS) is 11.8. The number of halogens is 5. The number of hydrazone groups is 1. The van der Waals surface area contributed by atoms with Crippen LogP contribution in [0.2, 0.25) is 5.02 Å². The van der Waals surface area contributed by atoms with Crippen LogP contribution >= 0.6 is 27.5 Å². The third-order valence-corrected chi connectivity index (χ3v) is 9.09. The summed E-state index contributed by atoms with van der Waals surface area (Å²) >= 11 is 9.65. The lowest BCUT2D eigenvalue weighted by Crippen LogP contribution is -2.39. The predicted molar refractivity (Wildman–Crippen MR) is 169 cm³/mol. The third kappa shape index (κ3) is 8.56. The van der Waals surface area contributed by atoms with Crippen LogP contribution in [0.25, 0.3) is 0 Å². The maximum atomic E-state index is 13.5. The van der Waals surface area contributed by atoms with Crippen molar-refractivity contribution >= 4 is 55.4 Å². The van der Waals surface area contributed by atoms with E-state index < -0.39 is 34.2 Å². The zero-order valence-electron chi connectivity index (χ0n) is 23.8. The number of hydrogen-bond acceptors (Lipinski definition) is 6. The molecule has 0 bridgehead atoms. The lowest BCUT2D eigenvalue weighted by atomic mass is 10.2. The molecule has 0 aliphatic rings. The molecule has 4 aromatic rings. The first-order valence-electron chi connectivity index (χ1n) is 13.1. The minimum Gasteiger partial charge on any atom is -0.493 e. The Bertz CT molecular complexity index is 1820. The molecule has 0 heterocycles. The quantitative estimate of drug-likeness (QED) is 0.129. The fourth-order valence-corrected chi connectivity index (χ4v) is 6.23. The summed E-state index contributed by atoms with van der Waals surface area (Å²) in [6.07, 6.45) is -3.45. The molecule has 0 aliphatic heterocycles. The topological polar surface area (TPSA) is 97.3 Å². The van der Waals surface area contributed by atoms with Gasteiger partial charge in [-0.25, -0.2) is 13.8 Å². The van der Waals surface area contributed by atoms with Crippen molar-refractivity contribution in [2.75, 3.05) is 18.0 Å². The molecule has 4 aromatic carbocycles. The van der Waals surface area contributed by atoms with Gasteiger partial charge in [0.05, 0.1) is 33.9 Å². The molecule has 8 nitrogen and oxygen atoms in total. The SMILES string of the molecule is COc1cc(/C=N\NC(=O)CN(c2cccc(C(F)(F)F)c2)S(=O)(=O)c2ccc(C)cc2)cc(Br)c1OCc1ccccc1Cl. The Labute approximate surface area is 271 Å². The van der Waals surface area contributed by atoms with Gasteiger partial charge in [0.15, 0.2) is 11.5 Å². The number of nitrogens with one attached hydrogen (secondary N) is 1. The molecule has 0 radical (unpaired) electrons. The van der Waals surface area contributed by atoms with Crippen LogP contribution in [0.5, 0.6) is 11.5 Å². The summed E-state index contributed by atoms with van der Waals surface area (Å²) in [6.45, 7) is 1.07. The number of benzene rings is 4. The van der Waals surface area contributed by atoms with Crippen molar-refractivity contribution in [3.05, 3.63) is 117 Å². The van der Waals surface area contributed by atoms with Crippen molar-refractivity contribution in [2.24, 2.45) is 5.10 Å². The monoisotopic (exact) mass is 723 g/mol. The summed E-state index contributed by atoms with van der Waals surface area (Å²) in [5.74, 6) is -0.147. The van der Waals surface area contributed by atoms with E-state index in [9.17, 15) is 26.4 Å². The molecule has 1 amide bonds. The first-order valence-corrected chi connectivity index (χ1v) is 15.7. The molecule has 0 unspecified atom stereocenters. The summed E-state index contributed by atoms with van der Waals surface area (Å²) in [5, 5.41) is 4.45. The Hall–Kier alpha value is -4.07. The van der Waals surface area contributed by atoms with E-state index >= 15 is 0 Å². The summed E-state index contributed by atoms with van der Waals surface area (Å²) in [4.78, 5) is 12.7. The fourth-order valence-electron chi connectivity index (χ4n) is 4.05. The second-order valence-corrected chi connectivity index (χ2v) is 12.7. The molecule has 0 aliphatic carbocycles. The summed E-state index contributed by atoms with van der Waals surface area (Å²) < 4.78 is 79.8. The Balaban J connectivity index is 1.54. The summed E-state index contributed by atoms with van der Waals surface area (Å²) in [6, 6.07) is 19.9. The van der Waals surface area contributed by atoms with Crippen molar-refractivity contribution in [3.8, 4) is 11.5 Å². The number of aryl methyl sites for hydroxylation is 1. The zero-order chi connectivity index (χ0) is 32.8. The van der Waals surface area contributed by atoms with Crippen molar-refractivity contribution < 1.29 is 35.9 Å². The van der Waals surface area contributed by atoms with E-state index in [1.807, 2.05) is 12.1 Å². The zero-order valence-corrected chi connectivity index (χ0v) is 27.0. The lowest BCUT2D eigenvalue weighted by molar-refractivity contribution is -0.137. The smallest absolute Gasteiger partial charge is 0.416 e. The first kappa shape index (κ1) is 33.8. The van der Waals surface area contributed by atoms with Crippen LogP contribution in [-0.4, -0.2) is 34.2 Å². The van der Waals surface area contributed by atoms with E-state index in [1.165, 1.54) is 31.5 Å². The molecular weight excluding hydrogens is 699 g/mol. The highest BCUT2D eigenvalue weighted by Gasteiger charge is 2.33. The van der Waals surface area contributed by atoms with E-state index in [-0.39, 0.29) is 17.2 Å². The van der Waals surface area contributed by atoms with E-state index in [4.69, 9.17) is 21.1 Å². The molecule has 14 heteroatoms. The number of nitrogens with zero attached hydrogens (tertiary/aromatic N) is 2. The lowest BCUT2D eigenvalue weighted by Gasteiger charge is -2.24. The fraction of sp³-hybridized carbons (Fsp3) is 0.161. The maximum absolute atomic E-state index is 13.5. The predicted octanol–water partition coefficient (Wildman–Crippen LogP) is 7.36. The second kappa shape index (κ2) is 14.4. The molecule has 0 fully saturated rings. The number of ether oxygens (including phenoxy) is 2. The number of methoxy groups -OCH3 is 1. The van der Waals surface area contributed by atoms with Gasteiger partial charge in [0.2, 0.25) is 0 Å². The Kier molecular flexibility index (Phi) is 10.8. The van der Waals surface area contributed by atoms with Crippen molar-refractivity contribution in [1.29, 1.82) is 0 Å². The van der Waals surface area contributed by atoms with Crippen LogP contribution in [0.1, 0.15) is 22.3 Å². The molecular formula is C31H26BrClF3N3O5S. The second-order valence-electron chi connectivity index (χ2n) is 9.58. The van der Waals surface area contributed by atoms with Crippen molar-refractivity contribution in [3.63, 3.8) is 0 Å². The molecule has 45 heavy (non-hydrogen) atoms. The van der Waals surface area contributed by atoms with Crippen LogP contribution in [0, 0.1) is 6.92 Å². The van der Waals surface area contributed by atoms with Crippen molar-refractivity contribution in [1.82, 2.24) is 5.43 Å². The molecule has 1 N–H and O–H groups in total. The largest absolute Gasteiger partial charge is 0.493 e. The number of carbonyl (C=O) groups excluding carboxylic acids is 1. The van der Waals surface area contributed by atoms with Gasteiger partial charge >= 0.3 is 6.18 Å². The molecule has 0 spiro atoms. The van der Waals surface area contributed by atoms with Gasteiger partial charge in [-0.15, -0.1) is 0 Å². The number of anilines is 1. The molecule has 0 aromatic heterocycles. The minimum atomic E-state index is -4.73. The van der Waals surface area contributed by atoms with Crippen LogP contribution in [-0.2, 0) is 27.6 Å². The third-order valence-electron chi connectivity index (χ3n) is 6.34. The van der Waals surface area contributed by atoms with Gasteiger partial charge in [-0.2, -0.15) is 18.3 Å². The van der Waals surface area contributed by atoms with Gasteiger partial charge in [0.1, 0.15) is 13.2 Å². The standard InChI is InChI=1S/C31H26BrClF3N3O5S/c1-20-10-12-25(13-11-20)45(41,42)39(24-8-5-7-23(16-24)31(34,35)36)18-29(40)38-37-17-21-14-26(32)30(28(15-21)43-2)44-19-22-6-3-4-9-27(22)33/h3-17H,18-19H2,1-2H3,(H,38,40)/b37-17-. The van der Waals surface area contributed by atoms with E-state index in [1.54, 1.807) is 43.3 Å². The van der Waals surface area contributed by atoms with E-state index in [2.05, 4.69) is 26.5 Å². The number of alkyl halides is 3. The van der Waals surface area contributed by atoms with E-state index in [0.717, 1.165) is 23.3 Å². The van der Waals surface area contributed by atoms with Gasteiger partial charge in [-0.3, -0.25) is 9.10 Å². The van der Waals surface area contributed by atoms with Crippen LogP contribution in [0.4, 0.5) is 18.9 Å². The highest BCUT2D eigenvalue weighted by molar-refractivity contribution is 9.10. The Morgan fingerprint density at radius 3 is 2.42 bits per heavy atom. The van der Waals surface area contributed by atoms with Gasteiger partial charge in [-0.1, -0.05) is 53.6 Å². The number of rotatable bonds is 11. The summed E-state index contributed by atoms with van der Waals surface area (Å²) in [7, 11) is -3.00. The molecule has 236 valence electrons. The molecule has 0 atom stereocenters. The van der Waals surface area contributed by atoms with Crippen molar-refractivity contribution in [2.45, 2.75) is 24.6 Å².